The molecule has 4 N–H and O–H groups in total. The van der Waals surface area contributed by atoms with E-state index in [1.807, 2.05) is 6.92 Å². The van der Waals surface area contributed by atoms with Gasteiger partial charge in [-0.05, 0) is 38.6 Å². The zero-order valence-electron chi connectivity index (χ0n) is 13.8. The second-order valence-electron chi connectivity index (χ2n) is 5.52. The summed E-state index contributed by atoms with van der Waals surface area (Å²) in [7, 11) is 0. The molecule has 0 heterocycles. The molecule has 0 spiro atoms. The number of rotatable bonds is 14. The zero-order valence-corrected chi connectivity index (χ0v) is 13.8. The molecule has 0 amide bonds. The van der Waals surface area contributed by atoms with Crippen LogP contribution in [0.4, 0.5) is 0 Å². The highest BCUT2D eigenvalue weighted by Gasteiger charge is 2.19. The van der Waals surface area contributed by atoms with Gasteiger partial charge >= 0.3 is 0 Å². The number of unbranched alkanes of at least 4 members (excludes halogenated alkanes) is 1. The molecule has 4 heteroatoms. The van der Waals surface area contributed by atoms with E-state index in [9.17, 15) is 0 Å². The summed E-state index contributed by atoms with van der Waals surface area (Å²) in [6, 6.07) is 0.0220. The maximum atomic E-state index is 6.21. The minimum atomic E-state index is 0.0220. The molecule has 0 saturated carbocycles. The van der Waals surface area contributed by atoms with Gasteiger partial charge in [0, 0.05) is 25.9 Å². The van der Waals surface area contributed by atoms with Gasteiger partial charge < -0.3 is 20.9 Å². The molecule has 0 radical (unpaired) electrons. The minimum Gasteiger partial charge on any atom is -0.382 e. The van der Waals surface area contributed by atoms with Crippen LogP contribution < -0.4 is 11.5 Å². The molecule has 20 heavy (non-hydrogen) atoms. The lowest BCUT2D eigenvalue weighted by molar-refractivity contribution is 0.000376. The molecule has 0 aromatic rings. The van der Waals surface area contributed by atoms with Crippen molar-refractivity contribution < 1.29 is 9.47 Å². The van der Waals surface area contributed by atoms with E-state index in [0.717, 1.165) is 26.1 Å². The van der Waals surface area contributed by atoms with Gasteiger partial charge in [0.2, 0.25) is 0 Å². The van der Waals surface area contributed by atoms with Crippen LogP contribution in [-0.4, -0.2) is 38.5 Å². The van der Waals surface area contributed by atoms with Crippen molar-refractivity contribution in [1.29, 1.82) is 0 Å². The summed E-state index contributed by atoms with van der Waals surface area (Å²) in [4.78, 5) is 0. The minimum absolute atomic E-state index is 0.0220. The number of hydrogen-bond acceptors (Lipinski definition) is 4. The molecule has 0 fully saturated rings. The maximum absolute atomic E-state index is 6.21. The highest BCUT2D eigenvalue weighted by molar-refractivity contribution is 4.74. The van der Waals surface area contributed by atoms with Gasteiger partial charge in [-0.3, -0.25) is 0 Å². The predicted octanol–water partition coefficient (Wildman–Crippen LogP) is 2.69. The van der Waals surface area contributed by atoms with Crippen LogP contribution in [0.15, 0.2) is 0 Å². The number of ether oxygens (including phenoxy) is 2. The van der Waals surface area contributed by atoms with Gasteiger partial charge in [0.15, 0.2) is 0 Å². The Morgan fingerprint density at radius 3 is 2.35 bits per heavy atom. The van der Waals surface area contributed by atoms with E-state index in [4.69, 9.17) is 20.9 Å². The molecule has 122 valence electrons. The molecule has 0 aromatic carbocycles. The van der Waals surface area contributed by atoms with Crippen molar-refractivity contribution in [2.75, 3.05) is 26.4 Å². The lowest BCUT2D eigenvalue weighted by Gasteiger charge is -2.26. The molecule has 0 bridgehead atoms. The molecular weight excluding hydrogens is 252 g/mol. The largest absolute Gasteiger partial charge is 0.382 e. The predicted molar refractivity (Wildman–Crippen MR) is 85.8 cm³/mol. The fourth-order valence-corrected chi connectivity index (χ4v) is 2.29. The summed E-state index contributed by atoms with van der Waals surface area (Å²) in [5.74, 6) is 0.648. The monoisotopic (exact) mass is 288 g/mol. The van der Waals surface area contributed by atoms with Crippen LogP contribution in [0.3, 0.4) is 0 Å². The van der Waals surface area contributed by atoms with Crippen LogP contribution in [0.25, 0.3) is 0 Å². The fourth-order valence-electron chi connectivity index (χ4n) is 2.29. The third-order valence-electron chi connectivity index (χ3n) is 3.82. The van der Waals surface area contributed by atoms with Crippen molar-refractivity contribution in [3.63, 3.8) is 0 Å². The first-order valence-corrected chi connectivity index (χ1v) is 8.34. The molecular formula is C16H36N2O2. The Hall–Kier alpha value is -0.160. The summed E-state index contributed by atoms with van der Waals surface area (Å²) in [6.07, 6.45) is 6.68. The first kappa shape index (κ1) is 19.8. The lowest BCUT2D eigenvalue weighted by Crippen LogP contribution is -2.40. The van der Waals surface area contributed by atoms with E-state index >= 15 is 0 Å². The average Bonchev–Trinajstić information content (AvgIpc) is 2.46. The van der Waals surface area contributed by atoms with E-state index in [0.29, 0.717) is 19.1 Å². The molecule has 3 atom stereocenters. The van der Waals surface area contributed by atoms with Crippen LogP contribution in [-0.2, 0) is 9.47 Å². The van der Waals surface area contributed by atoms with Crippen molar-refractivity contribution in [3.05, 3.63) is 0 Å². The Morgan fingerprint density at radius 2 is 1.80 bits per heavy atom. The smallest absolute Gasteiger partial charge is 0.0738 e. The van der Waals surface area contributed by atoms with Crippen molar-refractivity contribution in [1.82, 2.24) is 0 Å². The van der Waals surface area contributed by atoms with Crippen LogP contribution >= 0.6 is 0 Å². The van der Waals surface area contributed by atoms with Gasteiger partial charge in [-0.1, -0.05) is 33.1 Å². The van der Waals surface area contributed by atoms with Crippen LogP contribution in [0, 0.1) is 5.92 Å². The van der Waals surface area contributed by atoms with E-state index in [2.05, 4.69) is 13.8 Å². The van der Waals surface area contributed by atoms with Crippen molar-refractivity contribution >= 4 is 0 Å². The Balaban J connectivity index is 4.09. The van der Waals surface area contributed by atoms with Crippen molar-refractivity contribution in [2.45, 2.75) is 71.4 Å². The molecule has 0 aliphatic carbocycles. The van der Waals surface area contributed by atoms with Crippen LogP contribution in [0.2, 0.25) is 0 Å². The Bertz CT molecular complexity index is 203. The third-order valence-corrected chi connectivity index (χ3v) is 3.82. The molecule has 4 nitrogen and oxygen atoms in total. The van der Waals surface area contributed by atoms with E-state index in [1.165, 1.54) is 25.7 Å². The molecule has 3 unspecified atom stereocenters. The van der Waals surface area contributed by atoms with Gasteiger partial charge in [0.05, 0.1) is 6.10 Å². The van der Waals surface area contributed by atoms with Gasteiger partial charge in [0.25, 0.3) is 0 Å². The lowest BCUT2D eigenvalue weighted by atomic mass is 10.00. The number of nitrogens with two attached hydrogens (primary N) is 2. The number of hydrogen-bond donors (Lipinski definition) is 2. The summed E-state index contributed by atoms with van der Waals surface area (Å²) < 4.78 is 11.4. The zero-order chi connectivity index (χ0) is 15.2. The fraction of sp³-hybridized carbons (Fsp3) is 1.00. The second kappa shape index (κ2) is 13.8. The second-order valence-corrected chi connectivity index (χ2v) is 5.52. The van der Waals surface area contributed by atoms with Gasteiger partial charge in [-0.2, -0.15) is 0 Å². The van der Waals surface area contributed by atoms with Gasteiger partial charge in [-0.15, -0.1) is 0 Å². The molecule has 0 rings (SSSR count). The summed E-state index contributed by atoms with van der Waals surface area (Å²) >= 11 is 0. The van der Waals surface area contributed by atoms with E-state index in [1.54, 1.807) is 0 Å². The molecule has 0 aliphatic heterocycles. The average molecular weight is 288 g/mol. The molecule has 0 aliphatic rings. The Kier molecular flexibility index (Phi) is 13.7. The van der Waals surface area contributed by atoms with E-state index < -0.39 is 0 Å². The highest BCUT2D eigenvalue weighted by Crippen LogP contribution is 2.16. The topological polar surface area (TPSA) is 70.5 Å². The Labute approximate surface area is 125 Å². The molecule has 0 aromatic heterocycles. The third kappa shape index (κ3) is 9.70. The van der Waals surface area contributed by atoms with Crippen LogP contribution in [0.5, 0.6) is 0 Å². The normalized spacial score (nSPS) is 16.1. The van der Waals surface area contributed by atoms with Crippen molar-refractivity contribution in [3.8, 4) is 0 Å². The van der Waals surface area contributed by atoms with E-state index in [-0.39, 0.29) is 12.1 Å². The quantitative estimate of drug-likeness (QED) is 0.482. The maximum Gasteiger partial charge on any atom is 0.0738 e. The highest BCUT2D eigenvalue weighted by atomic mass is 16.5. The summed E-state index contributed by atoms with van der Waals surface area (Å²) in [5.41, 5.74) is 11.9. The Morgan fingerprint density at radius 1 is 1.05 bits per heavy atom. The van der Waals surface area contributed by atoms with Crippen LogP contribution in [0.1, 0.15) is 59.3 Å². The standard InChI is InChI=1S/C16H36N2O2/c1-4-7-8-14(5-2)13-20-16(9-11-17)15(18)10-12-19-6-3/h14-16H,4-13,17-18H2,1-3H3. The molecule has 0 saturated heterocycles. The van der Waals surface area contributed by atoms with Gasteiger partial charge in [-0.25, -0.2) is 0 Å². The first-order chi connectivity index (χ1) is 9.69. The summed E-state index contributed by atoms with van der Waals surface area (Å²) in [5, 5.41) is 0. The van der Waals surface area contributed by atoms with Gasteiger partial charge in [0.1, 0.15) is 0 Å². The van der Waals surface area contributed by atoms with Crippen molar-refractivity contribution in [2.24, 2.45) is 17.4 Å². The first-order valence-electron chi connectivity index (χ1n) is 8.34. The summed E-state index contributed by atoms with van der Waals surface area (Å²) in [6.45, 7) is 9.34. The SMILES string of the molecule is CCCCC(CC)COC(CCN)C(N)CCOCC.